The van der Waals surface area contributed by atoms with Crippen molar-refractivity contribution in [2.24, 2.45) is 0 Å². The van der Waals surface area contributed by atoms with E-state index < -0.39 is 11.7 Å². The Hall–Kier alpha value is -0.410. The average Bonchev–Trinajstić information content (AvgIpc) is 1.80. The lowest BCUT2D eigenvalue weighted by Crippen LogP contribution is -2.35. The van der Waals surface area contributed by atoms with Gasteiger partial charge in [0, 0.05) is 6.42 Å². The van der Waals surface area contributed by atoms with Crippen LogP contribution < -0.4 is 0 Å². The second-order valence-electron chi connectivity index (χ2n) is 3.41. The molecule has 0 aliphatic heterocycles. The molecule has 66 valence electrons. The lowest BCUT2D eigenvalue weighted by Gasteiger charge is -2.23. The molecular weight excluding hydrogens is 144 g/mol. The monoisotopic (exact) mass is 160 g/mol. The first-order valence-electron chi connectivity index (χ1n) is 3.74. The van der Waals surface area contributed by atoms with E-state index in [9.17, 15) is 15.0 Å². The fourth-order valence-corrected chi connectivity index (χ4v) is 0.693. The quantitative estimate of drug-likeness (QED) is 0.629. The first kappa shape index (κ1) is 10.6. The van der Waals surface area contributed by atoms with Gasteiger partial charge >= 0.3 is 0 Å². The smallest absolute Gasteiger partial charge is 0.129 e. The summed E-state index contributed by atoms with van der Waals surface area (Å²) in [6.45, 7) is 4.52. The number of rotatable bonds is 4. The highest BCUT2D eigenvalue weighted by atomic mass is 16.3. The van der Waals surface area contributed by atoms with E-state index in [1.54, 1.807) is 0 Å². The van der Waals surface area contributed by atoms with Crippen molar-refractivity contribution in [3.63, 3.8) is 0 Å². The van der Waals surface area contributed by atoms with Crippen LogP contribution in [0.25, 0.3) is 0 Å². The highest BCUT2D eigenvalue weighted by molar-refractivity contribution is 5.75. The third-order valence-electron chi connectivity index (χ3n) is 1.59. The molecule has 11 heavy (non-hydrogen) atoms. The summed E-state index contributed by atoms with van der Waals surface area (Å²) < 4.78 is 0. The predicted octanol–water partition coefficient (Wildman–Crippen LogP) is 0.487. The van der Waals surface area contributed by atoms with Crippen molar-refractivity contribution in [2.45, 2.75) is 45.3 Å². The van der Waals surface area contributed by atoms with Crippen molar-refractivity contribution in [1.29, 1.82) is 0 Å². The first-order chi connectivity index (χ1) is 4.84. The summed E-state index contributed by atoms with van der Waals surface area (Å²) >= 11 is 0. The molecule has 1 atom stereocenters. The Morgan fingerprint density at radius 1 is 1.55 bits per heavy atom. The highest BCUT2D eigenvalue weighted by Crippen LogP contribution is 2.13. The standard InChI is InChI=1S/C8H16O3/c1-6(9)4-5-7(10)8(2,3)11/h7,10-11H,4-5H2,1-3H3/t7-/m1/s1. The molecule has 0 radical (unpaired) electrons. The minimum Gasteiger partial charge on any atom is -0.390 e. The van der Waals surface area contributed by atoms with Crippen molar-refractivity contribution in [1.82, 2.24) is 0 Å². The van der Waals surface area contributed by atoms with Crippen LogP contribution in [0.4, 0.5) is 0 Å². The van der Waals surface area contributed by atoms with Gasteiger partial charge in [-0.15, -0.1) is 0 Å². The Kier molecular flexibility index (Phi) is 3.69. The van der Waals surface area contributed by atoms with Crippen LogP contribution in [-0.4, -0.2) is 27.7 Å². The molecule has 0 fully saturated rings. The molecule has 0 saturated heterocycles. The van der Waals surface area contributed by atoms with Crippen LogP contribution in [-0.2, 0) is 4.79 Å². The highest BCUT2D eigenvalue weighted by Gasteiger charge is 2.23. The van der Waals surface area contributed by atoms with Crippen LogP contribution in [0.15, 0.2) is 0 Å². The normalized spacial score (nSPS) is 14.6. The second-order valence-corrected chi connectivity index (χ2v) is 3.41. The fourth-order valence-electron chi connectivity index (χ4n) is 0.693. The molecule has 3 nitrogen and oxygen atoms in total. The molecule has 0 spiro atoms. The summed E-state index contributed by atoms with van der Waals surface area (Å²) in [5.41, 5.74) is -1.10. The van der Waals surface area contributed by atoms with Crippen LogP contribution in [0.1, 0.15) is 33.6 Å². The van der Waals surface area contributed by atoms with E-state index in [-0.39, 0.29) is 5.78 Å². The number of Topliss-reactive ketones (excluding diaryl/α,β-unsaturated/α-hetero) is 1. The summed E-state index contributed by atoms with van der Waals surface area (Å²) in [5.74, 6) is 0.0355. The van der Waals surface area contributed by atoms with Gasteiger partial charge < -0.3 is 15.0 Å². The lowest BCUT2D eigenvalue weighted by atomic mass is 9.97. The third-order valence-corrected chi connectivity index (χ3v) is 1.59. The molecule has 0 saturated carbocycles. The van der Waals surface area contributed by atoms with Gasteiger partial charge in [0.2, 0.25) is 0 Å². The maximum absolute atomic E-state index is 10.5. The van der Waals surface area contributed by atoms with Crippen molar-refractivity contribution >= 4 is 5.78 Å². The molecule has 3 heteroatoms. The SMILES string of the molecule is CC(=O)CC[C@@H](O)C(C)(C)O. The number of ketones is 1. The van der Waals surface area contributed by atoms with E-state index in [1.807, 2.05) is 0 Å². The zero-order valence-electron chi connectivity index (χ0n) is 7.29. The second kappa shape index (κ2) is 3.83. The number of hydrogen-bond donors (Lipinski definition) is 2. The molecular formula is C8H16O3. The Bertz CT molecular complexity index is 135. The largest absolute Gasteiger partial charge is 0.390 e. The van der Waals surface area contributed by atoms with E-state index in [0.717, 1.165) is 0 Å². The summed E-state index contributed by atoms with van der Waals surface area (Å²) in [6.07, 6.45) is -0.157. The number of carbonyl (C=O) groups excluding carboxylic acids is 1. The molecule has 2 N–H and O–H groups in total. The van der Waals surface area contributed by atoms with Crippen LogP contribution in [0.2, 0.25) is 0 Å². The van der Waals surface area contributed by atoms with Gasteiger partial charge in [-0.3, -0.25) is 0 Å². The molecule has 0 aromatic rings. The Balaban J connectivity index is 3.70. The molecule has 0 aromatic carbocycles. The predicted molar refractivity (Wildman–Crippen MR) is 42.2 cm³/mol. The molecule has 0 aliphatic carbocycles. The number of hydrogen-bond acceptors (Lipinski definition) is 3. The van der Waals surface area contributed by atoms with Gasteiger partial charge in [-0.25, -0.2) is 0 Å². The van der Waals surface area contributed by atoms with Gasteiger partial charge in [-0.05, 0) is 27.2 Å². The van der Waals surface area contributed by atoms with Crippen molar-refractivity contribution in [3.05, 3.63) is 0 Å². The van der Waals surface area contributed by atoms with Gasteiger partial charge in [0.25, 0.3) is 0 Å². The summed E-state index contributed by atoms with van der Waals surface area (Å²) in [7, 11) is 0. The molecule has 0 heterocycles. The van der Waals surface area contributed by atoms with Crippen molar-refractivity contribution in [3.8, 4) is 0 Å². The zero-order chi connectivity index (χ0) is 9.07. The Morgan fingerprint density at radius 3 is 2.27 bits per heavy atom. The molecule has 0 amide bonds. The molecule has 0 aliphatic rings. The Labute approximate surface area is 67.0 Å². The number of aliphatic hydroxyl groups excluding tert-OH is 1. The maximum Gasteiger partial charge on any atom is 0.129 e. The first-order valence-corrected chi connectivity index (χ1v) is 3.74. The molecule has 0 unspecified atom stereocenters. The maximum atomic E-state index is 10.5. The van der Waals surface area contributed by atoms with Crippen molar-refractivity contribution in [2.75, 3.05) is 0 Å². The lowest BCUT2D eigenvalue weighted by molar-refractivity contribution is -0.118. The Morgan fingerprint density at radius 2 is 2.00 bits per heavy atom. The van der Waals surface area contributed by atoms with E-state index in [4.69, 9.17) is 0 Å². The molecule has 0 aromatic heterocycles. The average molecular weight is 160 g/mol. The van der Waals surface area contributed by atoms with Gasteiger partial charge in [0.05, 0.1) is 11.7 Å². The van der Waals surface area contributed by atoms with Crippen LogP contribution >= 0.6 is 0 Å². The van der Waals surface area contributed by atoms with E-state index >= 15 is 0 Å². The summed E-state index contributed by atoms with van der Waals surface area (Å²) in [4.78, 5) is 10.5. The summed E-state index contributed by atoms with van der Waals surface area (Å²) in [6, 6.07) is 0. The zero-order valence-corrected chi connectivity index (χ0v) is 7.29. The number of carbonyl (C=O) groups is 1. The minimum absolute atomic E-state index is 0.0355. The van der Waals surface area contributed by atoms with E-state index in [2.05, 4.69) is 0 Å². The van der Waals surface area contributed by atoms with E-state index in [1.165, 1.54) is 20.8 Å². The number of aliphatic hydroxyl groups is 2. The van der Waals surface area contributed by atoms with Crippen molar-refractivity contribution < 1.29 is 15.0 Å². The van der Waals surface area contributed by atoms with Crippen LogP contribution in [0.5, 0.6) is 0 Å². The topological polar surface area (TPSA) is 57.5 Å². The third kappa shape index (κ3) is 4.93. The van der Waals surface area contributed by atoms with Gasteiger partial charge in [0.15, 0.2) is 0 Å². The van der Waals surface area contributed by atoms with Gasteiger partial charge in [-0.2, -0.15) is 0 Å². The van der Waals surface area contributed by atoms with E-state index in [0.29, 0.717) is 12.8 Å². The van der Waals surface area contributed by atoms with Gasteiger partial charge in [0.1, 0.15) is 5.78 Å². The molecule has 0 rings (SSSR count). The summed E-state index contributed by atoms with van der Waals surface area (Å²) in [5, 5.41) is 18.5. The van der Waals surface area contributed by atoms with Crippen LogP contribution in [0.3, 0.4) is 0 Å². The fraction of sp³-hybridized carbons (Fsp3) is 0.875. The molecule has 0 bridgehead atoms. The van der Waals surface area contributed by atoms with Gasteiger partial charge in [-0.1, -0.05) is 0 Å². The van der Waals surface area contributed by atoms with Crippen LogP contribution in [0, 0.1) is 0 Å². The minimum atomic E-state index is -1.10.